The third kappa shape index (κ3) is 5.66. The second kappa shape index (κ2) is 9.88. The maximum atomic E-state index is 12.6. The quantitative estimate of drug-likeness (QED) is 0.705. The van der Waals surface area contributed by atoms with E-state index >= 15 is 0 Å². The summed E-state index contributed by atoms with van der Waals surface area (Å²) in [4.78, 5) is 26.8. The number of hydrogen-bond acceptors (Lipinski definition) is 3. The zero-order valence-corrected chi connectivity index (χ0v) is 15.6. The molecule has 1 fully saturated rings. The van der Waals surface area contributed by atoms with Gasteiger partial charge in [0.15, 0.2) is 0 Å². The molecule has 1 unspecified atom stereocenters. The van der Waals surface area contributed by atoms with Crippen LogP contribution in [0, 0.1) is 0 Å². The Morgan fingerprint density at radius 3 is 2.30 bits per heavy atom. The predicted octanol–water partition coefficient (Wildman–Crippen LogP) is 2.13. The molecular weight excluding hydrogens is 338 g/mol. The zero-order chi connectivity index (χ0) is 18.9. The highest BCUT2D eigenvalue weighted by atomic mass is 16.2. The van der Waals surface area contributed by atoms with Crippen LogP contribution in [0.5, 0.6) is 0 Å². The molecular formula is C22H27N3O2. The van der Waals surface area contributed by atoms with Crippen LogP contribution in [0.1, 0.15) is 24.0 Å². The SMILES string of the molecule is O=C(NCCNCc1ccccc1)C1CCCN1C(=O)Cc1ccccc1. The van der Waals surface area contributed by atoms with Crippen LogP contribution < -0.4 is 10.6 Å². The molecule has 1 heterocycles. The zero-order valence-electron chi connectivity index (χ0n) is 15.6. The molecule has 0 saturated carbocycles. The number of likely N-dealkylation sites (tertiary alicyclic amines) is 1. The van der Waals surface area contributed by atoms with E-state index in [9.17, 15) is 9.59 Å². The third-order valence-corrected chi connectivity index (χ3v) is 4.85. The van der Waals surface area contributed by atoms with Gasteiger partial charge in [0, 0.05) is 26.2 Å². The number of amides is 2. The Bertz CT molecular complexity index is 734. The predicted molar refractivity (Wildman–Crippen MR) is 106 cm³/mol. The minimum atomic E-state index is -0.338. The Hall–Kier alpha value is -2.66. The van der Waals surface area contributed by atoms with Crippen molar-refractivity contribution in [1.82, 2.24) is 15.5 Å². The summed E-state index contributed by atoms with van der Waals surface area (Å²) in [6.45, 7) is 2.70. The fourth-order valence-corrected chi connectivity index (χ4v) is 3.43. The summed E-state index contributed by atoms with van der Waals surface area (Å²) in [5, 5.41) is 6.28. The highest BCUT2D eigenvalue weighted by molar-refractivity contribution is 5.89. The molecule has 2 aromatic carbocycles. The standard InChI is InChI=1S/C22H27N3O2/c26-21(16-18-8-3-1-4-9-18)25-15-7-12-20(25)22(27)24-14-13-23-17-19-10-5-2-6-11-19/h1-6,8-11,20,23H,7,12-17H2,(H,24,27). The van der Waals surface area contributed by atoms with E-state index in [1.807, 2.05) is 48.5 Å². The van der Waals surface area contributed by atoms with Crippen molar-refractivity contribution in [3.05, 3.63) is 71.8 Å². The van der Waals surface area contributed by atoms with E-state index in [1.165, 1.54) is 5.56 Å². The summed E-state index contributed by atoms with van der Waals surface area (Å²) in [5.74, 6) is -0.0172. The summed E-state index contributed by atoms with van der Waals surface area (Å²) in [6.07, 6.45) is 1.97. The summed E-state index contributed by atoms with van der Waals surface area (Å²) in [7, 11) is 0. The number of nitrogens with zero attached hydrogens (tertiary/aromatic N) is 1. The topological polar surface area (TPSA) is 61.4 Å². The molecule has 1 atom stereocenters. The van der Waals surface area contributed by atoms with Gasteiger partial charge in [-0.25, -0.2) is 0 Å². The van der Waals surface area contributed by atoms with Crippen molar-refractivity contribution in [2.45, 2.75) is 31.8 Å². The van der Waals surface area contributed by atoms with Crippen LogP contribution in [0.4, 0.5) is 0 Å². The molecule has 5 heteroatoms. The van der Waals surface area contributed by atoms with Gasteiger partial charge in [-0.1, -0.05) is 60.7 Å². The molecule has 2 N–H and O–H groups in total. The first-order valence-electron chi connectivity index (χ1n) is 9.60. The summed E-state index contributed by atoms with van der Waals surface area (Å²) < 4.78 is 0. The lowest BCUT2D eigenvalue weighted by molar-refractivity contribution is -0.137. The van der Waals surface area contributed by atoms with Gasteiger partial charge in [0.05, 0.1) is 6.42 Å². The van der Waals surface area contributed by atoms with Gasteiger partial charge in [0.2, 0.25) is 11.8 Å². The Morgan fingerprint density at radius 1 is 0.926 bits per heavy atom. The van der Waals surface area contributed by atoms with Crippen LogP contribution in [0.2, 0.25) is 0 Å². The van der Waals surface area contributed by atoms with Crippen molar-refractivity contribution in [3.8, 4) is 0 Å². The average Bonchev–Trinajstić information content (AvgIpc) is 3.19. The lowest BCUT2D eigenvalue weighted by Crippen LogP contribution is -2.47. The van der Waals surface area contributed by atoms with Crippen molar-refractivity contribution in [1.29, 1.82) is 0 Å². The second-order valence-electron chi connectivity index (χ2n) is 6.86. The Labute approximate surface area is 160 Å². The number of rotatable bonds is 8. The number of benzene rings is 2. The molecule has 2 amide bonds. The normalized spacial score (nSPS) is 16.3. The molecule has 142 valence electrons. The van der Waals surface area contributed by atoms with Gasteiger partial charge in [-0.15, -0.1) is 0 Å². The summed E-state index contributed by atoms with van der Waals surface area (Å²) >= 11 is 0. The van der Waals surface area contributed by atoms with Crippen LogP contribution in [0.3, 0.4) is 0 Å². The Morgan fingerprint density at radius 2 is 1.59 bits per heavy atom. The van der Waals surface area contributed by atoms with Crippen molar-refractivity contribution < 1.29 is 9.59 Å². The molecule has 1 saturated heterocycles. The van der Waals surface area contributed by atoms with E-state index in [2.05, 4.69) is 22.8 Å². The average molecular weight is 365 g/mol. The van der Waals surface area contributed by atoms with E-state index < -0.39 is 0 Å². The van der Waals surface area contributed by atoms with Crippen LogP contribution in [0.25, 0.3) is 0 Å². The Kier molecular flexibility index (Phi) is 6.99. The maximum absolute atomic E-state index is 12.6. The molecule has 0 spiro atoms. The van der Waals surface area contributed by atoms with Crippen LogP contribution in [0.15, 0.2) is 60.7 Å². The molecule has 1 aliphatic heterocycles. The van der Waals surface area contributed by atoms with Gasteiger partial charge >= 0.3 is 0 Å². The lowest BCUT2D eigenvalue weighted by Gasteiger charge is -2.24. The first-order chi connectivity index (χ1) is 13.2. The summed E-state index contributed by atoms with van der Waals surface area (Å²) in [5.41, 5.74) is 2.20. The molecule has 27 heavy (non-hydrogen) atoms. The first kappa shape index (κ1) is 19.1. The fourth-order valence-electron chi connectivity index (χ4n) is 3.43. The van der Waals surface area contributed by atoms with Crippen LogP contribution in [-0.2, 0) is 22.6 Å². The highest BCUT2D eigenvalue weighted by Gasteiger charge is 2.33. The molecule has 0 aromatic heterocycles. The summed E-state index contributed by atoms with van der Waals surface area (Å²) in [6, 6.07) is 19.5. The number of nitrogens with one attached hydrogen (secondary N) is 2. The van der Waals surface area contributed by atoms with Crippen molar-refractivity contribution >= 4 is 11.8 Å². The van der Waals surface area contributed by atoms with E-state index in [0.29, 0.717) is 26.1 Å². The molecule has 1 aliphatic rings. The van der Waals surface area contributed by atoms with Crippen LogP contribution >= 0.6 is 0 Å². The first-order valence-corrected chi connectivity index (χ1v) is 9.60. The van der Waals surface area contributed by atoms with Crippen molar-refractivity contribution in [2.75, 3.05) is 19.6 Å². The molecule has 3 rings (SSSR count). The molecule has 0 radical (unpaired) electrons. The second-order valence-corrected chi connectivity index (χ2v) is 6.86. The monoisotopic (exact) mass is 365 g/mol. The molecule has 0 aliphatic carbocycles. The van der Waals surface area contributed by atoms with Gasteiger partial charge < -0.3 is 15.5 Å². The minimum absolute atomic E-state index is 0.0288. The van der Waals surface area contributed by atoms with Gasteiger partial charge in [-0.05, 0) is 24.0 Å². The lowest BCUT2D eigenvalue weighted by atomic mass is 10.1. The highest BCUT2D eigenvalue weighted by Crippen LogP contribution is 2.19. The van der Waals surface area contributed by atoms with E-state index in [4.69, 9.17) is 0 Å². The maximum Gasteiger partial charge on any atom is 0.242 e. The molecule has 0 bridgehead atoms. The number of carbonyl (C=O) groups is 2. The fraction of sp³-hybridized carbons (Fsp3) is 0.364. The third-order valence-electron chi connectivity index (χ3n) is 4.85. The minimum Gasteiger partial charge on any atom is -0.353 e. The van der Waals surface area contributed by atoms with Gasteiger partial charge in [-0.2, -0.15) is 0 Å². The largest absolute Gasteiger partial charge is 0.353 e. The van der Waals surface area contributed by atoms with E-state index in [1.54, 1.807) is 4.90 Å². The van der Waals surface area contributed by atoms with E-state index in [-0.39, 0.29) is 17.9 Å². The smallest absolute Gasteiger partial charge is 0.242 e. The molecule has 5 nitrogen and oxygen atoms in total. The van der Waals surface area contributed by atoms with Crippen LogP contribution in [-0.4, -0.2) is 42.4 Å². The van der Waals surface area contributed by atoms with E-state index in [0.717, 1.165) is 24.9 Å². The van der Waals surface area contributed by atoms with Crippen molar-refractivity contribution in [2.24, 2.45) is 0 Å². The number of carbonyl (C=O) groups excluding carboxylic acids is 2. The number of hydrogen-bond donors (Lipinski definition) is 2. The van der Waals surface area contributed by atoms with Gasteiger partial charge in [0.25, 0.3) is 0 Å². The van der Waals surface area contributed by atoms with Gasteiger partial charge in [0.1, 0.15) is 6.04 Å². The Balaban J connectivity index is 1.41. The molecule has 2 aromatic rings. The van der Waals surface area contributed by atoms with Gasteiger partial charge in [-0.3, -0.25) is 9.59 Å². The van der Waals surface area contributed by atoms with Crippen molar-refractivity contribution in [3.63, 3.8) is 0 Å².